The van der Waals surface area contributed by atoms with E-state index >= 15 is 4.39 Å². The van der Waals surface area contributed by atoms with Crippen molar-refractivity contribution in [1.82, 2.24) is 20.4 Å². The molecule has 184 valence electrons. The van der Waals surface area contributed by atoms with Crippen molar-refractivity contribution in [2.24, 2.45) is 0 Å². The summed E-state index contributed by atoms with van der Waals surface area (Å²) in [6, 6.07) is 6.17. The molecule has 2 fully saturated rings. The van der Waals surface area contributed by atoms with E-state index in [9.17, 15) is 14.3 Å². The fourth-order valence-electron chi connectivity index (χ4n) is 5.05. The van der Waals surface area contributed by atoms with E-state index in [1.165, 1.54) is 23.2 Å². The number of hydrogen-bond donors (Lipinski definition) is 3. The molecule has 9 heteroatoms. The lowest BCUT2D eigenvalue weighted by Gasteiger charge is -2.51. The smallest absolute Gasteiger partial charge is 0.256 e. The molecule has 35 heavy (non-hydrogen) atoms. The number of carbonyl (C=O) groups excluding carboxylic acids is 1. The molecule has 0 radical (unpaired) electrons. The van der Waals surface area contributed by atoms with Crippen LogP contribution in [0.1, 0.15) is 47.7 Å². The monoisotopic (exact) mass is 481 g/mol. The van der Waals surface area contributed by atoms with Crippen molar-refractivity contribution in [2.75, 3.05) is 25.0 Å². The van der Waals surface area contributed by atoms with Gasteiger partial charge in [0.15, 0.2) is 5.82 Å². The van der Waals surface area contributed by atoms with Crippen LogP contribution in [0.2, 0.25) is 0 Å². The van der Waals surface area contributed by atoms with E-state index in [1.54, 1.807) is 19.1 Å². The summed E-state index contributed by atoms with van der Waals surface area (Å²) in [6.45, 7) is 4.82. The third kappa shape index (κ3) is 4.23. The topological polar surface area (TPSA) is 90.4 Å². The molecule has 3 N–H and O–H groups in total. The summed E-state index contributed by atoms with van der Waals surface area (Å²) in [7, 11) is 0. The molecule has 0 spiro atoms. The lowest BCUT2D eigenvalue weighted by atomic mass is 9.81. The Kier molecular flexibility index (Phi) is 6.14. The van der Waals surface area contributed by atoms with Gasteiger partial charge in [0, 0.05) is 11.4 Å². The van der Waals surface area contributed by atoms with Crippen molar-refractivity contribution in [3.8, 4) is 0 Å². The van der Waals surface area contributed by atoms with Gasteiger partial charge in [0.25, 0.3) is 5.91 Å². The number of β-amino-alcohol motifs (C(OH)–C–C–N with tert-alkyl or cyclic N) is 1. The fourth-order valence-corrected chi connectivity index (χ4v) is 5.05. The number of nitrogens with one attached hydrogen (secondary N) is 2. The first-order valence-electron chi connectivity index (χ1n) is 12.1. The highest BCUT2D eigenvalue weighted by Gasteiger charge is 2.49. The van der Waals surface area contributed by atoms with Gasteiger partial charge in [0.1, 0.15) is 16.9 Å². The molecule has 0 aliphatic carbocycles. The number of rotatable bonds is 5. The van der Waals surface area contributed by atoms with E-state index < -0.39 is 23.1 Å². The van der Waals surface area contributed by atoms with Crippen LogP contribution in [0, 0.1) is 18.6 Å². The van der Waals surface area contributed by atoms with Gasteiger partial charge >= 0.3 is 0 Å². The van der Waals surface area contributed by atoms with Gasteiger partial charge in [-0.15, -0.1) is 5.10 Å². The zero-order chi connectivity index (χ0) is 24.7. The SMILES string of the molecule is CCc1ccc(Nc2c(C(=O)N3CC(O)(C4CCCCN4)C3)cc3c(C)cnnc3c2F)c(F)c1. The normalized spacial score (nSPS) is 19.5. The molecule has 3 heterocycles. The second kappa shape index (κ2) is 9.13. The molecule has 1 atom stereocenters. The molecule has 5 rings (SSSR count). The van der Waals surface area contributed by atoms with E-state index in [2.05, 4.69) is 20.8 Å². The second-order valence-electron chi connectivity index (χ2n) is 9.60. The Hall–Kier alpha value is -3.17. The van der Waals surface area contributed by atoms with Crippen LogP contribution in [0.3, 0.4) is 0 Å². The zero-order valence-corrected chi connectivity index (χ0v) is 19.9. The minimum absolute atomic E-state index is 0.00107. The summed E-state index contributed by atoms with van der Waals surface area (Å²) < 4.78 is 30.5. The Morgan fingerprint density at radius 1 is 1.29 bits per heavy atom. The van der Waals surface area contributed by atoms with Gasteiger partial charge in [0.2, 0.25) is 0 Å². The summed E-state index contributed by atoms with van der Waals surface area (Å²) >= 11 is 0. The van der Waals surface area contributed by atoms with Crippen LogP contribution in [0.4, 0.5) is 20.2 Å². The number of amides is 1. The van der Waals surface area contributed by atoms with Crippen LogP contribution >= 0.6 is 0 Å². The quantitative estimate of drug-likeness (QED) is 0.513. The number of halogens is 2. The standard InChI is InChI=1S/C26H29F2N5O2/c1-3-16-7-8-20(19(27)10-16)31-23-18(11-17-15(2)12-30-32-24(17)22(23)28)25(34)33-13-26(35,14-33)21-6-4-5-9-29-21/h7-8,10-12,21,29,31,35H,3-6,9,13-14H2,1-2H3. The van der Waals surface area contributed by atoms with Crippen LogP contribution in [-0.4, -0.2) is 57.4 Å². The highest BCUT2D eigenvalue weighted by molar-refractivity contribution is 6.05. The number of aliphatic hydroxyl groups is 1. The number of aromatic nitrogens is 2. The van der Waals surface area contributed by atoms with Crippen LogP contribution in [0.25, 0.3) is 10.9 Å². The third-order valence-electron chi connectivity index (χ3n) is 7.18. The van der Waals surface area contributed by atoms with Gasteiger partial charge in [-0.05, 0) is 62.1 Å². The number of hydrogen-bond acceptors (Lipinski definition) is 6. The van der Waals surface area contributed by atoms with Gasteiger partial charge in [0.05, 0.1) is 36.2 Å². The maximum absolute atomic E-state index is 15.7. The number of fused-ring (bicyclic) bond motifs is 1. The molecule has 1 amide bonds. The highest BCUT2D eigenvalue weighted by atomic mass is 19.1. The van der Waals surface area contributed by atoms with E-state index in [0.717, 1.165) is 31.4 Å². The van der Waals surface area contributed by atoms with Crippen LogP contribution in [0.5, 0.6) is 0 Å². The second-order valence-corrected chi connectivity index (χ2v) is 9.60. The highest BCUT2D eigenvalue weighted by Crippen LogP contribution is 2.36. The number of benzene rings is 2. The minimum atomic E-state index is -1.01. The first kappa shape index (κ1) is 23.6. The minimum Gasteiger partial charge on any atom is -0.385 e. The number of aryl methyl sites for hydroxylation is 2. The average Bonchev–Trinajstić information content (AvgIpc) is 2.85. The molecule has 0 bridgehead atoms. The molecule has 1 unspecified atom stereocenters. The molecular weight excluding hydrogens is 452 g/mol. The van der Waals surface area contributed by atoms with Crippen LogP contribution < -0.4 is 10.6 Å². The van der Waals surface area contributed by atoms with E-state index in [-0.39, 0.29) is 41.6 Å². The Morgan fingerprint density at radius 3 is 2.77 bits per heavy atom. The fraction of sp³-hybridized carbons (Fsp3) is 0.423. The molecule has 0 saturated carbocycles. The van der Waals surface area contributed by atoms with Gasteiger partial charge in [-0.25, -0.2) is 8.78 Å². The lowest BCUT2D eigenvalue weighted by Crippen LogP contribution is -2.72. The maximum Gasteiger partial charge on any atom is 0.256 e. The predicted octanol–water partition coefficient (Wildman–Crippen LogP) is 3.85. The van der Waals surface area contributed by atoms with Gasteiger partial charge < -0.3 is 20.6 Å². The van der Waals surface area contributed by atoms with Crippen molar-refractivity contribution in [3.05, 3.63) is 58.8 Å². The lowest BCUT2D eigenvalue weighted by molar-refractivity contribution is -0.108. The number of carbonyl (C=O) groups is 1. The van der Waals surface area contributed by atoms with Crippen molar-refractivity contribution >= 4 is 28.2 Å². The number of anilines is 2. The van der Waals surface area contributed by atoms with Crippen molar-refractivity contribution < 1.29 is 18.7 Å². The molecule has 2 saturated heterocycles. The summed E-state index contributed by atoms with van der Waals surface area (Å²) in [4.78, 5) is 15.1. The molecule has 2 aliphatic heterocycles. The third-order valence-corrected chi connectivity index (χ3v) is 7.18. The van der Waals surface area contributed by atoms with Gasteiger partial charge in [-0.1, -0.05) is 19.4 Å². The predicted molar refractivity (Wildman–Crippen MR) is 130 cm³/mol. The molecule has 3 aromatic rings. The van der Waals surface area contributed by atoms with Crippen molar-refractivity contribution in [1.29, 1.82) is 0 Å². The first-order valence-corrected chi connectivity index (χ1v) is 12.1. The number of piperidine rings is 1. The molecule has 7 nitrogen and oxygen atoms in total. The van der Waals surface area contributed by atoms with Crippen molar-refractivity contribution in [3.63, 3.8) is 0 Å². The van der Waals surface area contributed by atoms with E-state index in [0.29, 0.717) is 17.4 Å². The Balaban J connectivity index is 1.51. The molecule has 1 aromatic heterocycles. The molecule has 2 aliphatic rings. The van der Waals surface area contributed by atoms with E-state index in [4.69, 9.17) is 0 Å². The summed E-state index contributed by atoms with van der Waals surface area (Å²) in [5.41, 5.74) is 0.423. The Morgan fingerprint density at radius 2 is 2.09 bits per heavy atom. The first-order chi connectivity index (χ1) is 16.8. The largest absolute Gasteiger partial charge is 0.385 e. The molecular formula is C26H29F2N5O2. The Labute approximate surface area is 202 Å². The number of nitrogens with zero attached hydrogens (tertiary/aromatic N) is 3. The van der Waals surface area contributed by atoms with Crippen LogP contribution in [0.15, 0.2) is 30.5 Å². The average molecular weight is 482 g/mol. The van der Waals surface area contributed by atoms with Gasteiger partial charge in [-0.3, -0.25) is 4.79 Å². The van der Waals surface area contributed by atoms with Crippen molar-refractivity contribution in [2.45, 2.75) is 51.2 Å². The summed E-state index contributed by atoms with van der Waals surface area (Å²) in [6.07, 6.45) is 5.11. The van der Waals surface area contributed by atoms with E-state index in [1.807, 2.05) is 6.92 Å². The van der Waals surface area contributed by atoms with Gasteiger partial charge in [-0.2, -0.15) is 5.10 Å². The summed E-state index contributed by atoms with van der Waals surface area (Å²) in [5, 5.41) is 25.4. The molecule has 2 aromatic carbocycles. The Bertz CT molecular complexity index is 1290. The maximum atomic E-state index is 15.7. The van der Waals surface area contributed by atoms with Crippen LogP contribution in [-0.2, 0) is 6.42 Å². The summed E-state index contributed by atoms with van der Waals surface area (Å²) in [5.74, 6) is -1.75. The number of likely N-dealkylation sites (tertiary alicyclic amines) is 1. The zero-order valence-electron chi connectivity index (χ0n) is 19.9.